The highest BCUT2D eigenvalue weighted by molar-refractivity contribution is 6.76. The van der Waals surface area contributed by atoms with Crippen LogP contribution in [-0.2, 0) is 20.9 Å². The van der Waals surface area contributed by atoms with Gasteiger partial charge >= 0.3 is 5.97 Å². The Morgan fingerprint density at radius 2 is 2.18 bits per heavy atom. The number of esters is 1. The molecular formula is C15H26N2O4Si. The number of hydrogen-bond acceptors (Lipinski definition) is 5. The Hall–Kier alpha value is -1.18. The molecule has 0 bridgehead atoms. The van der Waals surface area contributed by atoms with Crippen LogP contribution in [0.4, 0.5) is 0 Å². The van der Waals surface area contributed by atoms with Crippen molar-refractivity contribution in [3.63, 3.8) is 0 Å². The zero-order chi connectivity index (χ0) is 16.2. The Labute approximate surface area is 132 Å². The quantitative estimate of drug-likeness (QED) is 0.417. The zero-order valence-corrected chi connectivity index (χ0v) is 14.9. The summed E-state index contributed by atoms with van der Waals surface area (Å²) in [5, 5.41) is 4.49. The molecule has 0 saturated carbocycles. The predicted molar refractivity (Wildman–Crippen MR) is 85.8 cm³/mol. The molecule has 1 aromatic heterocycles. The van der Waals surface area contributed by atoms with Gasteiger partial charge in [-0.3, -0.25) is 0 Å². The van der Waals surface area contributed by atoms with E-state index in [4.69, 9.17) is 14.2 Å². The molecule has 0 amide bonds. The van der Waals surface area contributed by atoms with E-state index in [0.717, 1.165) is 18.3 Å². The summed E-state index contributed by atoms with van der Waals surface area (Å²) in [6, 6.07) is 1.11. The van der Waals surface area contributed by atoms with Crippen LogP contribution in [0.15, 0.2) is 6.20 Å². The van der Waals surface area contributed by atoms with Crippen LogP contribution in [0.25, 0.3) is 0 Å². The van der Waals surface area contributed by atoms with Crippen molar-refractivity contribution in [2.45, 2.75) is 45.3 Å². The summed E-state index contributed by atoms with van der Waals surface area (Å²) in [6.07, 6.45) is 1.72. The maximum atomic E-state index is 12.0. The average Bonchev–Trinajstić information content (AvgIpc) is 2.76. The summed E-state index contributed by atoms with van der Waals surface area (Å²) in [5.41, 5.74) is 1.29. The van der Waals surface area contributed by atoms with E-state index in [-0.39, 0.29) is 11.9 Å². The lowest BCUT2D eigenvalue weighted by Gasteiger charge is -2.24. The number of hydrogen-bond donors (Lipinski definition) is 0. The average molecular weight is 326 g/mol. The van der Waals surface area contributed by atoms with E-state index in [9.17, 15) is 4.79 Å². The fraction of sp³-hybridized carbons (Fsp3) is 0.733. The molecule has 0 radical (unpaired) electrons. The molecule has 0 unspecified atom stereocenters. The van der Waals surface area contributed by atoms with Gasteiger partial charge in [0.05, 0.1) is 31.4 Å². The Morgan fingerprint density at radius 3 is 2.73 bits per heavy atom. The van der Waals surface area contributed by atoms with Gasteiger partial charge in [0, 0.05) is 20.9 Å². The van der Waals surface area contributed by atoms with Gasteiger partial charge in [-0.1, -0.05) is 19.6 Å². The fourth-order valence-electron chi connectivity index (χ4n) is 2.10. The number of carbonyl (C=O) groups excluding carboxylic acids is 1. The lowest BCUT2D eigenvalue weighted by Crippen LogP contribution is -2.27. The van der Waals surface area contributed by atoms with Crippen molar-refractivity contribution in [1.29, 1.82) is 0 Å². The number of ether oxygens (including phenoxy) is 3. The third-order valence-electron chi connectivity index (χ3n) is 3.53. The number of carbonyl (C=O) groups is 1. The van der Waals surface area contributed by atoms with Gasteiger partial charge in [-0.05, 0) is 13.0 Å². The molecule has 0 spiro atoms. The van der Waals surface area contributed by atoms with Gasteiger partial charge < -0.3 is 14.2 Å². The topological polar surface area (TPSA) is 62.6 Å². The van der Waals surface area contributed by atoms with Crippen LogP contribution in [-0.4, -0.2) is 50.3 Å². The minimum Gasteiger partial charge on any atom is -0.462 e. The van der Waals surface area contributed by atoms with E-state index in [1.54, 1.807) is 17.8 Å². The molecule has 2 rings (SSSR count). The zero-order valence-electron chi connectivity index (χ0n) is 13.9. The van der Waals surface area contributed by atoms with E-state index in [1.807, 2.05) is 0 Å². The Kier molecular flexibility index (Phi) is 5.77. The molecule has 0 aromatic carbocycles. The molecule has 1 fully saturated rings. The smallest absolute Gasteiger partial charge is 0.341 e. The van der Waals surface area contributed by atoms with E-state index in [0.29, 0.717) is 32.1 Å². The second kappa shape index (κ2) is 7.39. The van der Waals surface area contributed by atoms with Crippen molar-refractivity contribution in [1.82, 2.24) is 9.78 Å². The molecule has 1 aliphatic rings. The molecular weight excluding hydrogens is 300 g/mol. The van der Waals surface area contributed by atoms with Crippen LogP contribution in [0.3, 0.4) is 0 Å². The summed E-state index contributed by atoms with van der Waals surface area (Å²) in [7, 11) is -1.09. The first kappa shape index (κ1) is 17.2. The number of nitrogens with zero attached hydrogens (tertiary/aromatic N) is 2. The molecule has 0 N–H and O–H groups in total. The van der Waals surface area contributed by atoms with Crippen molar-refractivity contribution in [2.24, 2.45) is 0 Å². The molecule has 22 heavy (non-hydrogen) atoms. The molecule has 1 aliphatic heterocycles. The maximum Gasteiger partial charge on any atom is 0.341 e. The molecule has 0 aliphatic carbocycles. The molecule has 0 atom stereocenters. The molecule has 6 nitrogen and oxygen atoms in total. The van der Waals surface area contributed by atoms with Crippen molar-refractivity contribution in [2.75, 3.05) is 26.4 Å². The van der Waals surface area contributed by atoms with Crippen LogP contribution in [0.1, 0.15) is 28.9 Å². The molecule has 124 valence electrons. The minimum absolute atomic E-state index is 0.183. The largest absolute Gasteiger partial charge is 0.462 e. The Balaban J connectivity index is 1.98. The Bertz CT molecular complexity index is 506. The van der Waals surface area contributed by atoms with Gasteiger partial charge in [-0.15, -0.1) is 0 Å². The van der Waals surface area contributed by atoms with E-state index in [2.05, 4.69) is 24.7 Å². The molecule has 7 heteroatoms. The summed E-state index contributed by atoms with van der Waals surface area (Å²) < 4.78 is 17.7. The highest BCUT2D eigenvalue weighted by atomic mass is 28.3. The number of aromatic nitrogens is 2. The second-order valence-electron chi connectivity index (χ2n) is 6.77. The van der Waals surface area contributed by atoms with Crippen LogP contribution in [0, 0.1) is 0 Å². The Morgan fingerprint density at radius 1 is 1.45 bits per heavy atom. The van der Waals surface area contributed by atoms with Gasteiger partial charge in [-0.2, -0.15) is 5.10 Å². The van der Waals surface area contributed by atoms with Gasteiger partial charge in [0.15, 0.2) is 0 Å². The lowest BCUT2D eigenvalue weighted by atomic mass is 10.0. The van der Waals surface area contributed by atoms with Gasteiger partial charge in [0.25, 0.3) is 0 Å². The van der Waals surface area contributed by atoms with Crippen LogP contribution < -0.4 is 0 Å². The highest BCUT2D eigenvalue weighted by Gasteiger charge is 2.29. The standard InChI is InChI=1S/C15H26N2O4Si/c1-5-21-15(18)13-8-17(11-19-6-7-22(2,3)4)16-14(13)12-9-20-10-12/h8,12H,5-7,9-11H2,1-4H3. The second-order valence-corrected chi connectivity index (χ2v) is 12.4. The number of rotatable bonds is 8. The third kappa shape index (κ3) is 4.66. The van der Waals surface area contributed by atoms with Crippen molar-refractivity contribution >= 4 is 14.0 Å². The normalized spacial score (nSPS) is 15.6. The van der Waals surface area contributed by atoms with Crippen molar-refractivity contribution in [3.05, 3.63) is 17.5 Å². The van der Waals surface area contributed by atoms with Crippen molar-refractivity contribution < 1.29 is 19.0 Å². The summed E-state index contributed by atoms with van der Waals surface area (Å²) in [6.45, 7) is 11.4. The van der Waals surface area contributed by atoms with Gasteiger partial charge in [-0.25, -0.2) is 9.48 Å². The minimum atomic E-state index is -1.09. The molecule has 2 heterocycles. The molecule has 1 saturated heterocycles. The summed E-state index contributed by atoms with van der Waals surface area (Å²) in [4.78, 5) is 12.0. The van der Waals surface area contributed by atoms with Gasteiger partial charge in [0.1, 0.15) is 12.3 Å². The van der Waals surface area contributed by atoms with E-state index < -0.39 is 8.07 Å². The fourth-order valence-corrected chi connectivity index (χ4v) is 2.86. The predicted octanol–water partition coefficient (Wildman–Crippen LogP) is 2.49. The molecule has 1 aromatic rings. The van der Waals surface area contributed by atoms with E-state index in [1.165, 1.54) is 0 Å². The maximum absolute atomic E-state index is 12.0. The van der Waals surface area contributed by atoms with Crippen molar-refractivity contribution in [3.8, 4) is 0 Å². The SMILES string of the molecule is CCOC(=O)c1cn(COCC[Si](C)(C)C)nc1C1COC1. The van der Waals surface area contributed by atoms with E-state index >= 15 is 0 Å². The van der Waals surface area contributed by atoms with Crippen LogP contribution in [0.5, 0.6) is 0 Å². The van der Waals surface area contributed by atoms with Crippen LogP contribution in [0.2, 0.25) is 25.7 Å². The first-order chi connectivity index (χ1) is 10.4. The van der Waals surface area contributed by atoms with Gasteiger partial charge in [0.2, 0.25) is 0 Å². The monoisotopic (exact) mass is 326 g/mol. The first-order valence-electron chi connectivity index (χ1n) is 7.80. The first-order valence-corrected chi connectivity index (χ1v) is 11.5. The summed E-state index contributed by atoms with van der Waals surface area (Å²) >= 11 is 0. The van der Waals surface area contributed by atoms with Crippen LogP contribution >= 0.6 is 0 Å². The highest BCUT2D eigenvalue weighted by Crippen LogP contribution is 2.26. The summed E-state index contributed by atoms with van der Waals surface area (Å²) in [5.74, 6) is -0.139. The lowest BCUT2D eigenvalue weighted by molar-refractivity contribution is 0.00507. The third-order valence-corrected chi connectivity index (χ3v) is 5.23.